The Morgan fingerprint density at radius 1 is 1.32 bits per heavy atom. The van der Waals surface area contributed by atoms with Crippen LogP contribution < -0.4 is 15.4 Å². The van der Waals surface area contributed by atoms with E-state index in [1.165, 1.54) is 6.26 Å². The number of aromatic nitrogens is 3. The molecule has 9 heteroatoms. The van der Waals surface area contributed by atoms with Gasteiger partial charge < -0.3 is 15.4 Å². The summed E-state index contributed by atoms with van der Waals surface area (Å²) >= 11 is 0. The highest BCUT2D eigenvalue weighted by Crippen LogP contribution is 2.12. The largest absolute Gasteiger partial charge is 0.463 e. The van der Waals surface area contributed by atoms with Crippen molar-refractivity contribution < 1.29 is 13.2 Å². The van der Waals surface area contributed by atoms with E-state index in [1.54, 1.807) is 11.9 Å². The number of nitrogens with two attached hydrogens (primary N) is 1. The molecular weight excluding hydrogens is 270 g/mol. The second-order valence-electron chi connectivity index (χ2n) is 4.18. The molecule has 0 unspecified atom stereocenters. The Bertz CT molecular complexity index is 520. The Labute approximate surface area is 112 Å². The number of hydrogen-bond acceptors (Lipinski definition) is 8. The lowest BCUT2D eigenvalue weighted by Gasteiger charge is -2.16. The molecule has 0 fully saturated rings. The normalized spacial score (nSPS) is 11.3. The van der Waals surface area contributed by atoms with Crippen molar-refractivity contribution in [2.75, 3.05) is 42.8 Å². The fourth-order valence-corrected chi connectivity index (χ4v) is 1.80. The van der Waals surface area contributed by atoms with E-state index in [-0.39, 0.29) is 24.3 Å². The maximum atomic E-state index is 11.1. The van der Waals surface area contributed by atoms with Crippen molar-refractivity contribution in [2.45, 2.75) is 13.3 Å². The van der Waals surface area contributed by atoms with Crippen LogP contribution in [-0.4, -0.2) is 55.6 Å². The highest BCUT2D eigenvalue weighted by atomic mass is 32.2. The summed E-state index contributed by atoms with van der Waals surface area (Å²) in [4.78, 5) is 13.5. The van der Waals surface area contributed by atoms with Crippen molar-refractivity contribution in [3.63, 3.8) is 0 Å². The molecule has 2 N–H and O–H groups in total. The Morgan fingerprint density at radius 3 is 2.58 bits per heavy atom. The molecular formula is C10H19N5O3S. The zero-order valence-electron chi connectivity index (χ0n) is 11.3. The summed E-state index contributed by atoms with van der Waals surface area (Å²) in [5.74, 6) is 0.352. The summed E-state index contributed by atoms with van der Waals surface area (Å²) < 4.78 is 27.5. The monoisotopic (exact) mass is 289 g/mol. The molecule has 1 heterocycles. The van der Waals surface area contributed by atoms with Gasteiger partial charge in [0.1, 0.15) is 9.84 Å². The van der Waals surface area contributed by atoms with Crippen LogP contribution in [-0.2, 0) is 9.84 Å². The van der Waals surface area contributed by atoms with Gasteiger partial charge in [0.15, 0.2) is 0 Å². The second-order valence-corrected chi connectivity index (χ2v) is 6.44. The molecule has 0 spiro atoms. The molecule has 0 radical (unpaired) electrons. The molecule has 1 rings (SSSR count). The highest BCUT2D eigenvalue weighted by Gasteiger charge is 2.12. The summed E-state index contributed by atoms with van der Waals surface area (Å²) in [7, 11) is -1.35. The third-order valence-electron chi connectivity index (χ3n) is 2.19. The quantitative estimate of drug-likeness (QED) is 0.729. The number of nitrogens with zero attached hydrogens (tertiary/aromatic N) is 4. The van der Waals surface area contributed by atoms with Crippen LogP contribution in [0.1, 0.15) is 13.3 Å². The van der Waals surface area contributed by atoms with Crippen LogP contribution in [0.5, 0.6) is 6.01 Å². The number of nitrogen functional groups attached to an aromatic ring is 1. The molecule has 19 heavy (non-hydrogen) atoms. The summed E-state index contributed by atoms with van der Waals surface area (Å²) in [6.07, 6.45) is 2.00. The lowest BCUT2D eigenvalue weighted by molar-refractivity contribution is 0.292. The Balaban J connectivity index is 2.78. The molecule has 0 saturated carbocycles. The van der Waals surface area contributed by atoms with E-state index in [4.69, 9.17) is 10.5 Å². The molecule has 108 valence electrons. The van der Waals surface area contributed by atoms with Gasteiger partial charge in [-0.05, 0) is 6.42 Å². The number of anilines is 2. The molecule has 8 nitrogen and oxygen atoms in total. The lowest BCUT2D eigenvalue weighted by atomic mass is 10.5. The smallest absolute Gasteiger partial charge is 0.323 e. The minimum atomic E-state index is -3.04. The predicted octanol–water partition coefficient (Wildman–Crippen LogP) is -0.277. The van der Waals surface area contributed by atoms with E-state index in [2.05, 4.69) is 15.0 Å². The van der Waals surface area contributed by atoms with Gasteiger partial charge >= 0.3 is 6.01 Å². The first-order valence-corrected chi connectivity index (χ1v) is 7.91. The zero-order valence-corrected chi connectivity index (χ0v) is 12.1. The van der Waals surface area contributed by atoms with Crippen molar-refractivity contribution in [2.24, 2.45) is 0 Å². The molecule has 0 aromatic carbocycles. The molecule has 1 aromatic rings. The minimum Gasteiger partial charge on any atom is -0.463 e. The molecule has 0 bridgehead atoms. The van der Waals surface area contributed by atoms with Crippen molar-refractivity contribution in [3.8, 4) is 6.01 Å². The van der Waals surface area contributed by atoms with Gasteiger partial charge in [-0.3, -0.25) is 0 Å². The maximum Gasteiger partial charge on any atom is 0.323 e. The first kappa shape index (κ1) is 15.4. The van der Waals surface area contributed by atoms with Crippen molar-refractivity contribution in [1.29, 1.82) is 0 Å². The van der Waals surface area contributed by atoms with Gasteiger partial charge in [0.2, 0.25) is 11.9 Å². The number of hydrogen-bond donors (Lipinski definition) is 1. The predicted molar refractivity (Wildman–Crippen MR) is 73.0 cm³/mol. The first-order chi connectivity index (χ1) is 8.81. The van der Waals surface area contributed by atoms with Crippen LogP contribution >= 0.6 is 0 Å². The molecule has 0 aliphatic heterocycles. The lowest BCUT2D eigenvalue weighted by Crippen LogP contribution is -2.27. The topological polar surface area (TPSA) is 111 Å². The maximum absolute atomic E-state index is 11.1. The van der Waals surface area contributed by atoms with E-state index in [9.17, 15) is 8.42 Å². The minimum absolute atomic E-state index is 0.0141. The fraction of sp³-hybridized carbons (Fsp3) is 0.700. The van der Waals surface area contributed by atoms with Gasteiger partial charge in [-0.1, -0.05) is 6.92 Å². The number of sulfone groups is 1. The fourth-order valence-electron chi connectivity index (χ4n) is 1.19. The molecule has 0 amide bonds. The van der Waals surface area contributed by atoms with Gasteiger partial charge in [-0.25, -0.2) is 8.42 Å². The SMILES string of the molecule is CCCOc1nc(N)nc(N(C)CCS(C)(=O)=O)n1. The van der Waals surface area contributed by atoms with Crippen molar-refractivity contribution in [1.82, 2.24) is 15.0 Å². The van der Waals surface area contributed by atoms with E-state index in [0.717, 1.165) is 6.42 Å². The standard InChI is InChI=1S/C10H19N5O3S/c1-4-6-18-10-13-8(11)12-9(14-10)15(2)5-7-19(3,16)17/h4-7H2,1-3H3,(H2,11,12,13,14). The van der Waals surface area contributed by atoms with E-state index in [1.807, 2.05) is 6.92 Å². The van der Waals surface area contributed by atoms with Gasteiger partial charge in [-0.15, -0.1) is 0 Å². The van der Waals surface area contributed by atoms with Crippen molar-refractivity contribution >= 4 is 21.7 Å². The van der Waals surface area contributed by atoms with E-state index in [0.29, 0.717) is 12.6 Å². The van der Waals surface area contributed by atoms with E-state index < -0.39 is 9.84 Å². The van der Waals surface area contributed by atoms with Gasteiger partial charge in [0.25, 0.3) is 0 Å². The summed E-state index contributed by atoms with van der Waals surface area (Å²) in [5, 5.41) is 0. The Kier molecular flexibility index (Phi) is 5.28. The van der Waals surface area contributed by atoms with Crippen LogP contribution in [0.15, 0.2) is 0 Å². The van der Waals surface area contributed by atoms with Crippen LogP contribution in [0.2, 0.25) is 0 Å². The average Bonchev–Trinajstić information content (AvgIpc) is 2.31. The molecule has 1 aromatic heterocycles. The van der Waals surface area contributed by atoms with Gasteiger partial charge in [-0.2, -0.15) is 15.0 Å². The first-order valence-electron chi connectivity index (χ1n) is 5.85. The third-order valence-corrected chi connectivity index (χ3v) is 3.12. The summed E-state index contributed by atoms with van der Waals surface area (Å²) in [6.45, 7) is 2.72. The molecule has 0 saturated heterocycles. The molecule has 0 atom stereocenters. The van der Waals surface area contributed by atoms with Crippen LogP contribution in [0.4, 0.5) is 11.9 Å². The van der Waals surface area contributed by atoms with E-state index >= 15 is 0 Å². The van der Waals surface area contributed by atoms with Crippen LogP contribution in [0.25, 0.3) is 0 Å². The Morgan fingerprint density at radius 2 is 2.00 bits per heavy atom. The second kappa shape index (κ2) is 6.50. The Hall–Kier alpha value is -1.64. The summed E-state index contributed by atoms with van der Waals surface area (Å²) in [5.41, 5.74) is 5.56. The van der Waals surface area contributed by atoms with Gasteiger partial charge in [0.05, 0.1) is 12.4 Å². The third kappa shape index (κ3) is 5.69. The summed E-state index contributed by atoms with van der Waals surface area (Å²) in [6, 6.07) is 0.149. The van der Waals surface area contributed by atoms with Gasteiger partial charge in [0, 0.05) is 19.8 Å². The highest BCUT2D eigenvalue weighted by molar-refractivity contribution is 7.90. The zero-order chi connectivity index (χ0) is 14.5. The average molecular weight is 289 g/mol. The van der Waals surface area contributed by atoms with Crippen LogP contribution in [0, 0.1) is 0 Å². The molecule has 0 aliphatic rings. The van der Waals surface area contributed by atoms with Crippen LogP contribution in [0.3, 0.4) is 0 Å². The number of rotatable bonds is 7. The van der Waals surface area contributed by atoms with Crippen molar-refractivity contribution in [3.05, 3.63) is 0 Å². The molecule has 0 aliphatic carbocycles. The number of ether oxygens (including phenoxy) is 1.